The summed E-state index contributed by atoms with van der Waals surface area (Å²) >= 11 is 0. The third-order valence-electron chi connectivity index (χ3n) is 2.43. The molecule has 0 aromatic carbocycles. The number of hydrogen-bond acceptors (Lipinski definition) is 3. The van der Waals surface area contributed by atoms with Gasteiger partial charge in [0, 0.05) is 13.2 Å². The van der Waals surface area contributed by atoms with Crippen LogP contribution >= 0.6 is 0 Å². The van der Waals surface area contributed by atoms with Crippen LogP contribution < -0.4 is 5.32 Å². The van der Waals surface area contributed by atoms with E-state index in [0.717, 1.165) is 31.8 Å². The molecule has 0 aliphatic heterocycles. The van der Waals surface area contributed by atoms with Crippen LogP contribution in [0.2, 0.25) is 0 Å². The van der Waals surface area contributed by atoms with Gasteiger partial charge in [0.25, 0.3) is 0 Å². The van der Waals surface area contributed by atoms with Crippen molar-refractivity contribution in [1.82, 2.24) is 5.32 Å². The first-order valence-corrected chi connectivity index (χ1v) is 5.67. The normalized spacial score (nSPS) is 12.9. The van der Waals surface area contributed by atoms with Gasteiger partial charge in [-0.05, 0) is 32.0 Å². The Bertz CT molecular complexity index is 234. The van der Waals surface area contributed by atoms with Crippen LogP contribution in [0, 0.1) is 0 Å². The molecular formula is C12H21NO2. The lowest BCUT2D eigenvalue weighted by atomic mass is 10.1. The van der Waals surface area contributed by atoms with Gasteiger partial charge in [-0.25, -0.2) is 0 Å². The van der Waals surface area contributed by atoms with E-state index in [1.54, 1.807) is 6.26 Å². The zero-order valence-electron chi connectivity index (χ0n) is 9.66. The summed E-state index contributed by atoms with van der Waals surface area (Å²) in [6.45, 7) is 3.82. The number of nitrogens with one attached hydrogen (secondary N) is 1. The highest BCUT2D eigenvalue weighted by Crippen LogP contribution is 2.16. The number of ether oxygens (including phenoxy) is 1. The van der Waals surface area contributed by atoms with E-state index in [9.17, 15) is 0 Å². The highest BCUT2D eigenvalue weighted by Gasteiger charge is 2.10. The van der Waals surface area contributed by atoms with Crippen LogP contribution in [0.1, 0.15) is 38.0 Å². The predicted molar refractivity (Wildman–Crippen MR) is 60.9 cm³/mol. The second kappa shape index (κ2) is 7.49. The van der Waals surface area contributed by atoms with E-state index in [2.05, 4.69) is 12.2 Å². The van der Waals surface area contributed by atoms with Crippen LogP contribution in [0.4, 0.5) is 0 Å². The molecule has 0 saturated heterocycles. The Hall–Kier alpha value is -0.800. The fraction of sp³-hybridized carbons (Fsp3) is 0.667. The lowest BCUT2D eigenvalue weighted by Gasteiger charge is -2.13. The SMILES string of the molecule is CCCCOCCC(NC)c1ccco1. The summed E-state index contributed by atoms with van der Waals surface area (Å²) in [7, 11) is 1.94. The Morgan fingerprint density at radius 1 is 1.47 bits per heavy atom. The number of furan rings is 1. The first-order chi connectivity index (χ1) is 7.38. The largest absolute Gasteiger partial charge is 0.468 e. The minimum absolute atomic E-state index is 0.265. The van der Waals surface area contributed by atoms with Gasteiger partial charge in [-0.15, -0.1) is 0 Å². The van der Waals surface area contributed by atoms with Crippen molar-refractivity contribution in [1.29, 1.82) is 0 Å². The number of rotatable bonds is 8. The lowest BCUT2D eigenvalue weighted by molar-refractivity contribution is 0.120. The van der Waals surface area contributed by atoms with Gasteiger partial charge in [-0.2, -0.15) is 0 Å². The summed E-state index contributed by atoms with van der Waals surface area (Å²) in [5, 5.41) is 3.22. The molecule has 1 rings (SSSR count). The van der Waals surface area contributed by atoms with Crippen LogP contribution in [0.25, 0.3) is 0 Å². The van der Waals surface area contributed by atoms with Gasteiger partial charge in [-0.3, -0.25) is 0 Å². The summed E-state index contributed by atoms with van der Waals surface area (Å²) in [6, 6.07) is 4.17. The van der Waals surface area contributed by atoms with Gasteiger partial charge >= 0.3 is 0 Å². The maximum atomic E-state index is 5.52. The van der Waals surface area contributed by atoms with Gasteiger partial charge in [0.15, 0.2) is 0 Å². The predicted octanol–water partition coefficient (Wildman–Crippen LogP) is 2.75. The molecule has 0 spiro atoms. The van der Waals surface area contributed by atoms with Gasteiger partial charge in [0.2, 0.25) is 0 Å². The third-order valence-corrected chi connectivity index (χ3v) is 2.43. The lowest BCUT2D eigenvalue weighted by Crippen LogP contribution is -2.17. The second-order valence-electron chi connectivity index (χ2n) is 3.61. The monoisotopic (exact) mass is 211 g/mol. The minimum atomic E-state index is 0.265. The Morgan fingerprint density at radius 2 is 2.33 bits per heavy atom. The van der Waals surface area contributed by atoms with Crippen molar-refractivity contribution in [2.75, 3.05) is 20.3 Å². The molecule has 1 heterocycles. The molecule has 0 amide bonds. The van der Waals surface area contributed by atoms with E-state index < -0.39 is 0 Å². The molecule has 0 radical (unpaired) electrons. The summed E-state index contributed by atoms with van der Waals surface area (Å²) in [4.78, 5) is 0. The van der Waals surface area contributed by atoms with Gasteiger partial charge < -0.3 is 14.5 Å². The zero-order valence-corrected chi connectivity index (χ0v) is 9.66. The fourth-order valence-corrected chi connectivity index (χ4v) is 1.47. The van der Waals surface area contributed by atoms with E-state index in [4.69, 9.17) is 9.15 Å². The minimum Gasteiger partial charge on any atom is -0.468 e. The van der Waals surface area contributed by atoms with Crippen molar-refractivity contribution in [3.63, 3.8) is 0 Å². The number of unbranched alkanes of at least 4 members (excludes halogenated alkanes) is 1. The maximum absolute atomic E-state index is 5.52. The molecule has 1 atom stereocenters. The van der Waals surface area contributed by atoms with Crippen LogP contribution in [0.3, 0.4) is 0 Å². The van der Waals surface area contributed by atoms with E-state index in [1.807, 2.05) is 19.2 Å². The van der Waals surface area contributed by atoms with Crippen molar-refractivity contribution in [2.45, 2.75) is 32.2 Å². The maximum Gasteiger partial charge on any atom is 0.120 e. The average Bonchev–Trinajstić information content (AvgIpc) is 2.77. The molecule has 0 bridgehead atoms. The molecule has 1 N–H and O–H groups in total. The zero-order chi connectivity index (χ0) is 10.9. The summed E-state index contributed by atoms with van der Waals surface area (Å²) in [5.41, 5.74) is 0. The molecule has 0 fully saturated rings. The van der Waals surface area contributed by atoms with Crippen molar-refractivity contribution >= 4 is 0 Å². The molecule has 1 unspecified atom stereocenters. The molecular weight excluding hydrogens is 190 g/mol. The summed E-state index contributed by atoms with van der Waals surface area (Å²) in [5.74, 6) is 0.983. The Kier molecular flexibility index (Phi) is 6.12. The van der Waals surface area contributed by atoms with E-state index in [1.165, 1.54) is 6.42 Å². The molecule has 0 aliphatic rings. The molecule has 1 aromatic rings. The van der Waals surface area contributed by atoms with E-state index >= 15 is 0 Å². The Labute approximate surface area is 91.8 Å². The second-order valence-corrected chi connectivity index (χ2v) is 3.61. The summed E-state index contributed by atoms with van der Waals surface area (Å²) < 4.78 is 10.9. The highest BCUT2D eigenvalue weighted by molar-refractivity contribution is 5.03. The van der Waals surface area contributed by atoms with Crippen molar-refractivity contribution in [3.05, 3.63) is 24.2 Å². The van der Waals surface area contributed by atoms with Gasteiger partial charge in [0.05, 0.1) is 12.3 Å². The van der Waals surface area contributed by atoms with Gasteiger partial charge in [0.1, 0.15) is 5.76 Å². The molecule has 15 heavy (non-hydrogen) atoms. The van der Waals surface area contributed by atoms with Crippen LogP contribution in [-0.2, 0) is 4.74 Å². The smallest absolute Gasteiger partial charge is 0.120 e. The van der Waals surface area contributed by atoms with Gasteiger partial charge in [-0.1, -0.05) is 13.3 Å². The standard InChI is InChI=1S/C12H21NO2/c1-3-4-8-14-10-7-11(13-2)12-6-5-9-15-12/h5-6,9,11,13H,3-4,7-8,10H2,1-2H3. The quantitative estimate of drug-likeness (QED) is 0.671. The van der Waals surface area contributed by atoms with Crippen molar-refractivity contribution < 1.29 is 9.15 Å². The molecule has 0 aliphatic carbocycles. The first kappa shape index (κ1) is 12.3. The molecule has 0 saturated carbocycles. The topological polar surface area (TPSA) is 34.4 Å². The Balaban J connectivity index is 2.18. The molecule has 3 heteroatoms. The molecule has 1 aromatic heterocycles. The van der Waals surface area contributed by atoms with E-state index in [-0.39, 0.29) is 6.04 Å². The third kappa shape index (κ3) is 4.49. The van der Waals surface area contributed by atoms with Crippen LogP contribution in [0.5, 0.6) is 0 Å². The van der Waals surface area contributed by atoms with Crippen molar-refractivity contribution in [2.24, 2.45) is 0 Å². The van der Waals surface area contributed by atoms with E-state index in [0.29, 0.717) is 0 Å². The fourth-order valence-electron chi connectivity index (χ4n) is 1.47. The average molecular weight is 211 g/mol. The highest BCUT2D eigenvalue weighted by atomic mass is 16.5. The number of hydrogen-bond donors (Lipinski definition) is 1. The molecule has 3 nitrogen and oxygen atoms in total. The first-order valence-electron chi connectivity index (χ1n) is 5.67. The summed E-state index contributed by atoms with van der Waals surface area (Å²) in [6.07, 6.45) is 4.99. The van der Waals surface area contributed by atoms with Crippen molar-refractivity contribution in [3.8, 4) is 0 Å². The van der Waals surface area contributed by atoms with Crippen LogP contribution in [0.15, 0.2) is 22.8 Å². The molecule has 86 valence electrons. The Morgan fingerprint density at radius 3 is 2.93 bits per heavy atom. The van der Waals surface area contributed by atoms with Crippen LogP contribution in [-0.4, -0.2) is 20.3 Å².